The fourth-order valence-electron chi connectivity index (χ4n) is 2.29. The van der Waals surface area contributed by atoms with Gasteiger partial charge in [0.1, 0.15) is 4.90 Å². The maximum atomic E-state index is 12.6. The summed E-state index contributed by atoms with van der Waals surface area (Å²) in [6.45, 7) is 0.160. The van der Waals surface area contributed by atoms with Crippen molar-refractivity contribution in [1.29, 1.82) is 0 Å². The summed E-state index contributed by atoms with van der Waals surface area (Å²) < 4.78 is 28.0. The van der Waals surface area contributed by atoms with E-state index < -0.39 is 10.0 Å². The third kappa shape index (κ3) is 1.90. The molecule has 0 N–H and O–H groups in total. The molecule has 0 spiro atoms. The minimum atomic E-state index is -3.68. The van der Waals surface area contributed by atoms with Crippen LogP contribution in [0.3, 0.4) is 0 Å². The van der Waals surface area contributed by atoms with Gasteiger partial charge < -0.3 is 0 Å². The van der Waals surface area contributed by atoms with Crippen LogP contribution in [0.2, 0.25) is 0 Å². The zero-order chi connectivity index (χ0) is 14.3. The molecule has 0 aliphatic carbocycles. The molecule has 20 heavy (non-hydrogen) atoms. The molecule has 0 saturated heterocycles. The van der Waals surface area contributed by atoms with Crippen molar-refractivity contribution in [3.05, 3.63) is 42.2 Å². The van der Waals surface area contributed by atoms with Gasteiger partial charge in [-0.3, -0.25) is 13.8 Å². The Hall–Kier alpha value is -2.15. The molecule has 0 bridgehead atoms. The van der Waals surface area contributed by atoms with Crippen LogP contribution in [0.1, 0.15) is 16.8 Å². The van der Waals surface area contributed by atoms with Crippen molar-refractivity contribution in [3.63, 3.8) is 0 Å². The lowest BCUT2D eigenvalue weighted by atomic mass is 10.0. The maximum absolute atomic E-state index is 12.6. The number of para-hydroxylation sites is 1. The van der Waals surface area contributed by atoms with Gasteiger partial charge in [0, 0.05) is 31.8 Å². The average Bonchev–Trinajstić information content (AvgIpc) is 2.87. The summed E-state index contributed by atoms with van der Waals surface area (Å²) in [6, 6.07) is 6.77. The highest BCUT2D eigenvalue weighted by Crippen LogP contribution is 2.31. The van der Waals surface area contributed by atoms with Crippen LogP contribution < -0.4 is 4.31 Å². The summed E-state index contributed by atoms with van der Waals surface area (Å²) >= 11 is 0. The van der Waals surface area contributed by atoms with E-state index in [1.807, 2.05) is 0 Å². The van der Waals surface area contributed by atoms with E-state index in [1.54, 1.807) is 31.3 Å². The minimum Gasteiger partial charge on any atom is -0.294 e. The van der Waals surface area contributed by atoms with Crippen LogP contribution in [0.15, 0.2) is 41.6 Å². The molecule has 2 heterocycles. The average molecular weight is 291 g/mol. The van der Waals surface area contributed by atoms with Crippen LogP contribution in [-0.4, -0.2) is 30.5 Å². The van der Waals surface area contributed by atoms with E-state index in [2.05, 4.69) is 5.10 Å². The zero-order valence-corrected chi connectivity index (χ0v) is 11.7. The molecule has 1 aromatic carbocycles. The van der Waals surface area contributed by atoms with Crippen molar-refractivity contribution < 1.29 is 13.2 Å². The number of hydrogen-bond donors (Lipinski definition) is 0. The zero-order valence-electron chi connectivity index (χ0n) is 10.9. The number of rotatable bonds is 2. The number of carbonyl (C=O) groups is 1. The first kappa shape index (κ1) is 12.9. The van der Waals surface area contributed by atoms with Crippen molar-refractivity contribution in [2.45, 2.75) is 11.3 Å². The van der Waals surface area contributed by atoms with Gasteiger partial charge in [0.05, 0.1) is 11.9 Å². The van der Waals surface area contributed by atoms with Crippen molar-refractivity contribution in [2.75, 3.05) is 10.8 Å². The largest absolute Gasteiger partial charge is 0.294 e. The van der Waals surface area contributed by atoms with Crippen LogP contribution in [0.25, 0.3) is 0 Å². The number of fused-ring (bicyclic) bond motifs is 1. The second-order valence-electron chi connectivity index (χ2n) is 4.62. The molecular weight excluding hydrogens is 278 g/mol. The monoisotopic (exact) mass is 291 g/mol. The third-order valence-electron chi connectivity index (χ3n) is 3.28. The van der Waals surface area contributed by atoms with Crippen LogP contribution in [0.5, 0.6) is 0 Å². The van der Waals surface area contributed by atoms with Crippen molar-refractivity contribution in [3.8, 4) is 0 Å². The number of hydrogen-bond acceptors (Lipinski definition) is 4. The molecule has 0 saturated carbocycles. The van der Waals surface area contributed by atoms with Crippen LogP contribution in [0, 0.1) is 0 Å². The molecule has 2 aromatic rings. The molecule has 6 nitrogen and oxygen atoms in total. The molecule has 0 fully saturated rings. The second-order valence-corrected chi connectivity index (χ2v) is 6.48. The van der Waals surface area contributed by atoms with E-state index in [4.69, 9.17) is 0 Å². The minimum absolute atomic E-state index is 0.0294. The highest BCUT2D eigenvalue weighted by molar-refractivity contribution is 7.92. The number of nitrogens with zero attached hydrogens (tertiary/aromatic N) is 3. The van der Waals surface area contributed by atoms with E-state index in [9.17, 15) is 13.2 Å². The number of sulfonamides is 1. The van der Waals surface area contributed by atoms with Crippen LogP contribution >= 0.6 is 0 Å². The van der Waals surface area contributed by atoms with E-state index in [1.165, 1.54) is 21.4 Å². The van der Waals surface area contributed by atoms with Gasteiger partial charge in [0.2, 0.25) is 0 Å². The highest BCUT2D eigenvalue weighted by Gasteiger charge is 2.32. The number of benzene rings is 1. The number of aryl methyl sites for hydroxylation is 1. The normalized spacial score (nSPS) is 15.2. The Morgan fingerprint density at radius 1 is 1.25 bits per heavy atom. The molecule has 1 aromatic heterocycles. The van der Waals surface area contributed by atoms with Gasteiger partial charge in [-0.05, 0) is 12.1 Å². The molecule has 7 heteroatoms. The topological polar surface area (TPSA) is 72.3 Å². The number of aromatic nitrogens is 2. The summed E-state index contributed by atoms with van der Waals surface area (Å²) in [7, 11) is -2.02. The van der Waals surface area contributed by atoms with Crippen LogP contribution in [-0.2, 0) is 17.1 Å². The molecule has 104 valence electrons. The van der Waals surface area contributed by atoms with Gasteiger partial charge in [-0.2, -0.15) is 5.10 Å². The van der Waals surface area contributed by atoms with Gasteiger partial charge in [0.25, 0.3) is 10.0 Å². The first-order valence-corrected chi connectivity index (χ1v) is 7.58. The lowest BCUT2D eigenvalue weighted by molar-refractivity contribution is 0.0982. The Kier molecular flexibility index (Phi) is 2.86. The Morgan fingerprint density at radius 3 is 2.70 bits per heavy atom. The fourth-order valence-corrected chi connectivity index (χ4v) is 3.76. The number of ketones is 1. The van der Waals surface area contributed by atoms with Gasteiger partial charge in [-0.25, -0.2) is 8.42 Å². The lowest BCUT2D eigenvalue weighted by Crippen LogP contribution is -2.37. The van der Waals surface area contributed by atoms with Crippen molar-refractivity contribution >= 4 is 21.5 Å². The third-order valence-corrected chi connectivity index (χ3v) is 5.05. The van der Waals surface area contributed by atoms with Crippen molar-refractivity contribution in [2.24, 2.45) is 7.05 Å². The summed E-state index contributed by atoms with van der Waals surface area (Å²) in [6.07, 6.45) is 2.96. The van der Waals surface area contributed by atoms with Gasteiger partial charge >= 0.3 is 0 Å². The molecule has 1 aliphatic heterocycles. The van der Waals surface area contributed by atoms with E-state index in [-0.39, 0.29) is 23.6 Å². The van der Waals surface area contributed by atoms with Gasteiger partial charge in [0.15, 0.2) is 5.78 Å². The lowest BCUT2D eigenvalue weighted by Gasteiger charge is -2.29. The highest BCUT2D eigenvalue weighted by atomic mass is 32.2. The maximum Gasteiger partial charge on any atom is 0.267 e. The molecule has 0 radical (unpaired) electrons. The Labute approximate surface area is 116 Å². The fraction of sp³-hybridized carbons (Fsp3) is 0.231. The molecular formula is C13H13N3O3S. The summed E-state index contributed by atoms with van der Waals surface area (Å²) in [5.41, 5.74) is 0.888. The van der Waals surface area contributed by atoms with E-state index >= 15 is 0 Å². The Morgan fingerprint density at radius 2 is 2.00 bits per heavy atom. The first-order chi connectivity index (χ1) is 9.50. The summed E-state index contributed by atoms with van der Waals surface area (Å²) in [5.74, 6) is -0.0294. The summed E-state index contributed by atoms with van der Waals surface area (Å²) in [4.78, 5) is 12.0. The van der Waals surface area contributed by atoms with Gasteiger partial charge in [-0.15, -0.1) is 0 Å². The van der Waals surface area contributed by atoms with E-state index in [0.717, 1.165) is 0 Å². The molecule has 0 atom stereocenters. The Bertz CT molecular complexity index is 780. The number of carbonyl (C=O) groups excluding carboxylic acids is 1. The summed E-state index contributed by atoms with van der Waals surface area (Å²) in [5, 5.41) is 3.89. The molecule has 0 amide bonds. The first-order valence-electron chi connectivity index (χ1n) is 6.14. The second kappa shape index (κ2) is 4.45. The number of Topliss-reactive ketones (excluding diaryl/α,β-unsaturated/α-hetero) is 1. The molecule has 1 aliphatic rings. The van der Waals surface area contributed by atoms with E-state index in [0.29, 0.717) is 11.3 Å². The Balaban J connectivity index is 2.12. The molecule has 0 unspecified atom stereocenters. The standard InChI is InChI=1S/C13H13N3O3S/c1-15-9-10(8-14-15)20(18,19)16-7-6-13(17)11-4-2-3-5-12(11)16/h2-5,8-9H,6-7H2,1H3. The van der Waals surface area contributed by atoms with Crippen molar-refractivity contribution in [1.82, 2.24) is 9.78 Å². The molecule has 3 rings (SSSR count). The van der Waals surface area contributed by atoms with Gasteiger partial charge in [-0.1, -0.05) is 12.1 Å². The quantitative estimate of drug-likeness (QED) is 0.833. The predicted molar refractivity (Wildman–Crippen MR) is 73.1 cm³/mol. The smallest absolute Gasteiger partial charge is 0.267 e. The number of anilines is 1. The SMILES string of the molecule is Cn1cc(S(=O)(=O)N2CCC(=O)c3ccccc32)cn1. The predicted octanol–water partition coefficient (Wildman–Crippen LogP) is 1.20. The van der Waals surface area contributed by atoms with Crippen LogP contribution in [0.4, 0.5) is 5.69 Å².